The summed E-state index contributed by atoms with van der Waals surface area (Å²) in [5, 5.41) is 0. The van der Waals surface area contributed by atoms with Gasteiger partial charge in [-0.15, -0.1) is 0 Å². The number of nitrogens with zero attached hydrogens (tertiary/aromatic N) is 4. The van der Waals surface area contributed by atoms with Crippen molar-refractivity contribution in [3.8, 4) is 11.5 Å². The molecule has 1 aliphatic heterocycles. The largest absolute Gasteiger partial charge is 0.436 e. The van der Waals surface area contributed by atoms with Gasteiger partial charge in [-0.1, -0.05) is 26.0 Å². The molecule has 2 aromatic carbocycles. The number of benzene rings is 2. The number of piperidine rings is 1. The Morgan fingerprint density at radius 3 is 2.44 bits per heavy atom. The third kappa shape index (κ3) is 6.08. The van der Waals surface area contributed by atoms with Gasteiger partial charge in [0.25, 0.3) is 0 Å². The van der Waals surface area contributed by atoms with Gasteiger partial charge in [0.05, 0.1) is 17.7 Å². The molecule has 202 valence electrons. The molecule has 39 heavy (non-hydrogen) atoms. The van der Waals surface area contributed by atoms with Crippen LogP contribution in [0.1, 0.15) is 62.1 Å². The van der Waals surface area contributed by atoms with Crippen molar-refractivity contribution in [2.75, 3.05) is 18.0 Å². The average molecular weight is 533 g/mol. The van der Waals surface area contributed by atoms with Gasteiger partial charge in [-0.05, 0) is 91.5 Å². The molecule has 5 rings (SSSR count). The summed E-state index contributed by atoms with van der Waals surface area (Å²) < 4.78 is 44.5. The van der Waals surface area contributed by atoms with E-state index >= 15 is 0 Å². The van der Waals surface area contributed by atoms with Crippen molar-refractivity contribution in [2.45, 2.75) is 58.0 Å². The zero-order valence-electron chi connectivity index (χ0n) is 22.1. The molecule has 0 saturated carbocycles. The molecule has 1 fully saturated rings. The average Bonchev–Trinajstić information content (AvgIpc) is 3.37. The van der Waals surface area contributed by atoms with Gasteiger partial charge in [0.1, 0.15) is 5.82 Å². The SMILES string of the molecule is [C-]#[N+]c1cc(C(C)C)c2oc(-c3ccc(CCCC4CCN(c5ccc(C(F)(F)F)cn5)CC4)cc3)nc2c1. The Labute approximate surface area is 226 Å². The first-order valence-electron chi connectivity index (χ1n) is 13.4. The molecule has 0 atom stereocenters. The Morgan fingerprint density at radius 1 is 1.08 bits per heavy atom. The highest BCUT2D eigenvalue weighted by Gasteiger charge is 2.31. The Morgan fingerprint density at radius 2 is 1.82 bits per heavy atom. The number of hydrogen-bond acceptors (Lipinski definition) is 4. The molecule has 0 radical (unpaired) electrons. The number of anilines is 1. The third-order valence-corrected chi connectivity index (χ3v) is 7.55. The smallest absolute Gasteiger partial charge is 0.417 e. The number of oxazole rings is 1. The van der Waals surface area contributed by atoms with Gasteiger partial charge in [0, 0.05) is 24.8 Å². The van der Waals surface area contributed by atoms with Crippen LogP contribution in [0.25, 0.3) is 27.4 Å². The molecular weight excluding hydrogens is 501 g/mol. The highest BCUT2D eigenvalue weighted by atomic mass is 19.4. The van der Waals surface area contributed by atoms with Crippen molar-refractivity contribution < 1.29 is 17.6 Å². The van der Waals surface area contributed by atoms with Crippen molar-refractivity contribution in [3.05, 3.63) is 82.8 Å². The topological polar surface area (TPSA) is 46.5 Å². The van der Waals surface area contributed by atoms with E-state index in [1.165, 1.54) is 11.6 Å². The first kappa shape index (κ1) is 26.7. The number of halogens is 3. The highest BCUT2D eigenvalue weighted by Crippen LogP contribution is 2.34. The lowest BCUT2D eigenvalue weighted by molar-refractivity contribution is -0.137. The van der Waals surface area contributed by atoms with Gasteiger partial charge in [-0.2, -0.15) is 13.2 Å². The Balaban J connectivity index is 1.13. The predicted octanol–water partition coefficient (Wildman–Crippen LogP) is 8.82. The van der Waals surface area contributed by atoms with Crippen molar-refractivity contribution in [3.63, 3.8) is 0 Å². The molecular formula is C31H31F3N4O. The van der Waals surface area contributed by atoms with E-state index in [9.17, 15) is 13.2 Å². The van der Waals surface area contributed by atoms with E-state index in [-0.39, 0.29) is 5.92 Å². The minimum absolute atomic E-state index is 0.228. The van der Waals surface area contributed by atoms with Crippen molar-refractivity contribution >= 4 is 22.6 Å². The van der Waals surface area contributed by atoms with Crippen LogP contribution in [0.4, 0.5) is 24.7 Å². The fraction of sp³-hybridized carbons (Fsp3) is 0.387. The second kappa shape index (κ2) is 11.1. The van der Waals surface area contributed by atoms with E-state index in [0.29, 0.717) is 28.8 Å². The maximum Gasteiger partial charge on any atom is 0.417 e. The minimum Gasteiger partial charge on any atom is -0.436 e. The molecule has 1 saturated heterocycles. The van der Waals surface area contributed by atoms with Gasteiger partial charge in [0.2, 0.25) is 5.89 Å². The van der Waals surface area contributed by atoms with Gasteiger partial charge in [-0.3, -0.25) is 0 Å². The first-order chi connectivity index (χ1) is 18.7. The number of aryl methyl sites for hydroxylation is 1. The quantitative estimate of drug-likeness (QED) is 0.223. The van der Waals surface area contributed by atoms with E-state index < -0.39 is 11.7 Å². The third-order valence-electron chi connectivity index (χ3n) is 7.55. The van der Waals surface area contributed by atoms with Crippen LogP contribution in [-0.2, 0) is 12.6 Å². The molecule has 0 amide bonds. The number of pyridine rings is 1. The fourth-order valence-corrected chi connectivity index (χ4v) is 5.26. The molecule has 0 spiro atoms. The molecule has 0 N–H and O–H groups in total. The van der Waals surface area contributed by atoms with E-state index in [2.05, 4.69) is 45.7 Å². The summed E-state index contributed by atoms with van der Waals surface area (Å²) in [6.07, 6.45) is 1.81. The van der Waals surface area contributed by atoms with Crippen LogP contribution in [0.3, 0.4) is 0 Å². The van der Waals surface area contributed by atoms with Crippen LogP contribution >= 0.6 is 0 Å². The number of aromatic nitrogens is 2. The van der Waals surface area contributed by atoms with E-state index in [1.54, 1.807) is 6.07 Å². The van der Waals surface area contributed by atoms with Gasteiger partial charge in [-0.25, -0.2) is 14.8 Å². The molecule has 4 aromatic rings. The molecule has 2 aromatic heterocycles. The van der Waals surface area contributed by atoms with Crippen molar-refractivity contribution in [1.29, 1.82) is 0 Å². The summed E-state index contributed by atoms with van der Waals surface area (Å²) in [6, 6.07) is 14.6. The number of fused-ring (bicyclic) bond motifs is 1. The van der Waals surface area contributed by atoms with E-state index in [0.717, 1.165) is 74.2 Å². The van der Waals surface area contributed by atoms with Crippen LogP contribution in [0.2, 0.25) is 0 Å². The Kier molecular flexibility index (Phi) is 7.60. The molecule has 0 bridgehead atoms. The lowest BCUT2D eigenvalue weighted by Gasteiger charge is -2.33. The van der Waals surface area contributed by atoms with E-state index in [4.69, 9.17) is 11.0 Å². The molecule has 1 aliphatic rings. The molecule has 0 unspecified atom stereocenters. The Hall–Kier alpha value is -3.86. The second-order valence-corrected chi connectivity index (χ2v) is 10.6. The summed E-state index contributed by atoms with van der Waals surface area (Å²) in [7, 11) is 0. The fourth-order valence-electron chi connectivity index (χ4n) is 5.26. The summed E-state index contributed by atoms with van der Waals surface area (Å²) in [6.45, 7) is 13.2. The van der Waals surface area contributed by atoms with Crippen LogP contribution in [-0.4, -0.2) is 23.1 Å². The van der Waals surface area contributed by atoms with Crippen LogP contribution < -0.4 is 4.90 Å². The molecule has 3 heterocycles. The van der Waals surface area contributed by atoms with Gasteiger partial charge in [0.15, 0.2) is 11.3 Å². The maximum atomic E-state index is 12.8. The Bertz CT molecular complexity index is 1460. The maximum absolute atomic E-state index is 12.8. The second-order valence-electron chi connectivity index (χ2n) is 10.6. The summed E-state index contributed by atoms with van der Waals surface area (Å²) in [5.74, 6) is 2.03. The van der Waals surface area contributed by atoms with Gasteiger partial charge < -0.3 is 9.32 Å². The molecule has 0 aliphatic carbocycles. The monoisotopic (exact) mass is 532 g/mol. The lowest BCUT2D eigenvalue weighted by Crippen LogP contribution is -2.34. The predicted molar refractivity (Wildman–Crippen MR) is 147 cm³/mol. The van der Waals surface area contributed by atoms with Crippen LogP contribution in [0.5, 0.6) is 0 Å². The van der Waals surface area contributed by atoms with Crippen LogP contribution in [0.15, 0.2) is 59.1 Å². The highest BCUT2D eigenvalue weighted by molar-refractivity contribution is 5.84. The lowest BCUT2D eigenvalue weighted by atomic mass is 9.90. The number of alkyl halides is 3. The van der Waals surface area contributed by atoms with Crippen molar-refractivity contribution in [1.82, 2.24) is 9.97 Å². The standard InChI is InChI=1S/C31H31F3N4O/c1-20(2)26-17-25(35-3)18-27-29(26)39-30(37-27)23-9-7-21(8-10-23)5-4-6-22-13-15-38(16-14-22)28-12-11-24(19-36-28)31(32,33)34/h7-12,17-20,22H,4-6,13-16H2,1-2H3. The van der Waals surface area contributed by atoms with Crippen molar-refractivity contribution in [2.24, 2.45) is 5.92 Å². The first-order valence-corrected chi connectivity index (χ1v) is 13.4. The van der Waals surface area contributed by atoms with Crippen LogP contribution in [0, 0.1) is 12.5 Å². The van der Waals surface area contributed by atoms with Gasteiger partial charge >= 0.3 is 6.18 Å². The summed E-state index contributed by atoms with van der Waals surface area (Å²) >= 11 is 0. The zero-order chi connectivity index (χ0) is 27.6. The minimum atomic E-state index is -4.36. The van der Waals surface area contributed by atoms with E-state index in [1.807, 2.05) is 18.2 Å². The molecule has 8 heteroatoms. The number of hydrogen-bond donors (Lipinski definition) is 0. The molecule has 5 nitrogen and oxygen atoms in total. The summed E-state index contributed by atoms with van der Waals surface area (Å²) in [5.41, 5.74) is 4.50. The number of rotatable bonds is 7. The summed E-state index contributed by atoms with van der Waals surface area (Å²) in [4.78, 5) is 14.4. The normalized spacial score (nSPS) is 14.7. The zero-order valence-corrected chi connectivity index (χ0v) is 22.1.